The highest BCUT2D eigenvalue weighted by molar-refractivity contribution is 7.90. The second kappa shape index (κ2) is 7.70. The molecule has 8 heteroatoms. The molecule has 0 aliphatic rings. The fourth-order valence-electron chi connectivity index (χ4n) is 2.49. The average Bonchev–Trinajstić information content (AvgIpc) is 3.08. The van der Waals surface area contributed by atoms with E-state index in [-0.39, 0.29) is 10.5 Å². The molecule has 2 aromatic carbocycles. The maximum absolute atomic E-state index is 12.5. The molecule has 0 aliphatic heterocycles. The summed E-state index contributed by atoms with van der Waals surface area (Å²) in [6.07, 6.45) is 3.36. The second-order valence-electron chi connectivity index (χ2n) is 5.84. The molecular formula is C19H15N3O3S2. The van der Waals surface area contributed by atoms with Gasteiger partial charge in [-0.2, -0.15) is 5.26 Å². The van der Waals surface area contributed by atoms with E-state index in [0.717, 1.165) is 16.7 Å². The minimum Gasteiger partial charge on any atom is -0.298 e. The molecular weight excluding hydrogens is 382 g/mol. The van der Waals surface area contributed by atoms with Crippen molar-refractivity contribution >= 4 is 32.2 Å². The maximum Gasteiger partial charge on any atom is 0.258 e. The first-order valence-electron chi connectivity index (χ1n) is 7.91. The van der Waals surface area contributed by atoms with E-state index in [4.69, 9.17) is 5.26 Å². The quantitative estimate of drug-likeness (QED) is 0.712. The van der Waals surface area contributed by atoms with Gasteiger partial charge in [0.1, 0.15) is 0 Å². The highest BCUT2D eigenvalue weighted by Gasteiger charge is 2.19. The molecule has 1 N–H and O–H groups in total. The predicted octanol–water partition coefficient (Wildman–Crippen LogP) is 3.26. The Balaban J connectivity index is 1.74. The van der Waals surface area contributed by atoms with E-state index in [2.05, 4.69) is 16.4 Å². The lowest BCUT2D eigenvalue weighted by atomic mass is 10.1. The molecule has 1 heterocycles. The molecule has 0 fully saturated rings. The summed E-state index contributed by atoms with van der Waals surface area (Å²) < 4.78 is 23.7. The highest BCUT2D eigenvalue weighted by atomic mass is 32.2. The normalized spacial score (nSPS) is 11.0. The Bertz CT molecular complexity index is 1130. The van der Waals surface area contributed by atoms with Gasteiger partial charge in [0.05, 0.1) is 22.1 Å². The van der Waals surface area contributed by atoms with Gasteiger partial charge in [-0.1, -0.05) is 24.3 Å². The number of nitriles is 1. The number of anilines is 1. The second-order valence-corrected chi connectivity index (χ2v) is 8.94. The number of rotatable bonds is 5. The van der Waals surface area contributed by atoms with Crippen molar-refractivity contribution in [1.82, 2.24) is 4.98 Å². The zero-order valence-corrected chi connectivity index (χ0v) is 16.0. The number of nitrogens with one attached hydrogen (secondary N) is 1. The Morgan fingerprint density at radius 1 is 1.19 bits per heavy atom. The largest absolute Gasteiger partial charge is 0.298 e. The average molecular weight is 397 g/mol. The van der Waals surface area contributed by atoms with Crippen molar-refractivity contribution in [3.8, 4) is 6.07 Å². The number of amides is 1. The van der Waals surface area contributed by atoms with Gasteiger partial charge in [0.25, 0.3) is 5.91 Å². The van der Waals surface area contributed by atoms with Crippen LogP contribution in [0.3, 0.4) is 0 Å². The number of carbonyl (C=O) groups excluding carboxylic acids is 1. The summed E-state index contributed by atoms with van der Waals surface area (Å²) in [5.74, 6) is -0.518. The van der Waals surface area contributed by atoms with Crippen molar-refractivity contribution in [3.05, 3.63) is 76.3 Å². The molecule has 136 valence electrons. The topological polar surface area (TPSA) is 99.9 Å². The lowest BCUT2D eigenvalue weighted by Crippen LogP contribution is -2.15. The molecule has 0 atom stereocenters. The SMILES string of the molecule is CS(=O)(=O)c1ccccc1C(=O)Nc1ncc(Cc2ccc(C#N)cc2)s1. The van der Waals surface area contributed by atoms with Crippen LogP contribution in [0.4, 0.5) is 5.13 Å². The Labute approximate surface area is 161 Å². The fraction of sp³-hybridized carbons (Fsp3) is 0.105. The number of nitrogens with zero attached hydrogens (tertiary/aromatic N) is 2. The summed E-state index contributed by atoms with van der Waals surface area (Å²) in [5.41, 5.74) is 1.71. The van der Waals surface area contributed by atoms with E-state index >= 15 is 0 Å². The summed E-state index contributed by atoms with van der Waals surface area (Å²) in [4.78, 5) is 17.6. The number of hydrogen-bond acceptors (Lipinski definition) is 6. The number of benzene rings is 2. The Kier molecular flexibility index (Phi) is 5.35. The van der Waals surface area contributed by atoms with Gasteiger partial charge in [0, 0.05) is 23.8 Å². The first kappa shape index (κ1) is 18.8. The molecule has 0 radical (unpaired) electrons. The van der Waals surface area contributed by atoms with Gasteiger partial charge in [-0.15, -0.1) is 11.3 Å². The summed E-state index contributed by atoms with van der Waals surface area (Å²) in [7, 11) is -3.51. The minimum absolute atomic E-state index is 0.0168. The lowest BCUT2D eigenvalue weighted by Gasteiger charge is -2.06. The van der Waals surface area contributed by atoms with Crippen LogP contribution in [0, 0.1) is 11.3 Å². The highest BCUT2D eigenvalue weighted by Crippen LogP contribution is 2.23. The Morgan fingerprint density at radius 2 is 1.89 bits per heavy atom. The summed E-state index contributed by atoms with van der Waals surface area (Å²) in [6.45, 7) is 0. The molecule has 1 aromatic heterocycles. The third-order valence-electron chi connectivity index (χ3n) is 3.77. The van der Waals surface area contributed by atoms with Crippen LogP contribution >= 0.6 is 11.3 Å². The maximum atomic E-state index is 12.5. The van der Waals surface area contributed by atoms with Gasteiger partial charge in [-0.05, 0) is 29.8 Å². The first-order chi connectivity index (χ1) is 12.9. The van der Waals surface area contributed by atoms with Crippen LogP contribution in [0.1, 0.15) is 26.4 Å². The van der Waals surface area contributed by atoms with Gasteiger partial charge in [-0.3, -0.25) is 10.1 Å². The molecule has 0 spiro atoms. The van der Waals surface area contributed by atoms with Crippen molar-refractivity contribution in [2.75, 3.05) is 11.6 Å². The van der Waals surface area contributed by atoms with Crippen LogP contribution in [-0.2, 0) is 16.3 Å². The zero-order valence-electron chi connectivity index (χ0n) is 14.3. The Morgan fingerprint density at radius 3 is 2.56 bits per heavy atom. The van der Waals surface area contributed by atoms with Gasteiger partial charge < -0.3 is 0 Å². The number of carbonyl (C=O) groups is 1. The van der Waals surface area contributed by atoms with Gasteiger partial charge in [0.15, 0.2) is 15.0 Å². The van der Waals surface area contributed by atoms with Gasteiger partial charge in [-0.25, -0.2) is 13.4 Å². The molecule has 0 saturated carbocycles. The van der Waals surface area contributed by atoms with Gasteiger partial charge in [0.2, 0.25) is 0 Å². The molecule has 27 heavy (non-hydrogen) atoms. The minimum atomic E-state index is -3.51. The van der Waals surface area contributed by atoms with Crippen LogP contribution in [-0.4, -0.2) is 25.6 Å². The zero-order chi connectivity index (χ0) is 19.4. The molecule has 0 saturated heterocycles. The predicted molar refractivity (Wildman–Crippen MR) is 104 cm³/mol. The van der Waals surface area contributed by atoms with Gasteiger partial charge >= 0.3 is 0 Å². The third kappa shape index (κ3) is 4.58. The summed E-state index contributed by atoms with van der Waals surface area (Å²) in [5, 5.41) is 11.9. The first-order valence-corrected chi connectivity index (χ1v) is 10.6. The number of hydrogen-bond donors (Lipinski definition) is 1. The van der Waals surface area contributed by atoms with E-state index in [1.54, 1.807) is 30.5 Å². The third-order valence-corrected chi connectivity index (χ3v) is 5.83. The smallest absolute Gasteiger partial charge is 0.258 e. The standard InChI is InChI=1S/C19H15N3O3S2/c1-27(24,25)17-5-3-2-4-16(17)18(23)22-19-21-12-15(26-19)10-13-6-8-14(11-20)9-7-13/h2-9,12H,10H2,1H3,(H,21,22,23). The van der Waals surface area contributed by atoms with E-state index in [1.165, 1.54) is 23.5 Å². The molecule has 3 aromatic rings. The number of aromatic nitrogens is 1. The van der Waals surface area contributed by atoms with E-state index in [1.807, 2.05) is 12.1 Å². The molecule has 0 bridgehead atoms. The molecule has 0 aliphatic carbocycles. The molecule has 3 rings (SSSR count). The molecule has 0 unspecified atom stereocenters. The van der Waals surface area contributed by atoms with Crippen LogP contribution < -0.4 is 5.32 Å². The van der Waals surface area contributed by atoms with Crippen LogP contribution in [0.5, 0.6) is 0 Å². The summed E-state index contributed by atoms with van der Waals surface area (Å²) in [6, 6.07) is 15.4. The van der Waals surface area contributed by atoms with Crippen LogP contribution in [0.25, 0.3) is 0 Å². The number of thiazole rings is 1. The number of sulfone groups is 1. The van der Waals surface area contributed by atoms with E-state index in [0.29, 0.717) is 17.1 Å². The van der Waals surface area contributed by atoms with Crippen molar-refractivity contribution in [1.29, 1.82) is 5.26 Å². The Hall–Kier alpha value is -3.02. The van der Waals surface area contributed by atoms with Crippen LogP contribution in [0.2, 0.25) is 0 Å². The fourth-order valence-corrected chi connectivity index (χ4v) is 4.22. The van der Waals surface area contributed by atoms with E-state index < -0.39 is 15.7 Å². The molecule has 1 amide bonds. The summed E-state index contributed by atoms with van der Waals surface area (Å²) >= 11 is 1.32. The van der Waals surface area contributed by atoms with E-state index in [9.17, 15) is 13.2 Å². The van der Waals surface area contributed by atoms with Crippen LogP contribution in [0.15, 0.2) is 59.6 Å². The van der Waals surface area contributed by atoms with Crippen molar-refractivity contribution in [2.24, 2.45) is 0 Å². The lowest BCUT2D eigenvalue weighted by molar-refractivity contribution is 0.102. The van der Waals surface area contributed by atoms with Crippen molar-refractivity contribution in [3.63, 3.8) is 0 Å². The van der Waals surface area contributed by atoms with Crippen molar-refractivity contribution < 1.29 is 13.2 Å². The monoisotopic (exact) mass is 397 g/mol. The van der Waals surface area contributed by atoms with Crippen molar-refractivity contribution in [2.45, 2.75) is 11.3 Å². The molecule has 6 nitrogen and oxygen atoms in total.